The number of aryl methyl sites for hydroxylation is 1. The first-order valence-corrected chi connectivity index (χ1v) is 4.17. The summed E-state index contributed by atoms with van der Waals surface area (Å²) >= 11 is 3.38. The Morgan fingerprint density at radius 2 is 2.36 bits per heavy atom. The van der Waals surface area contributed by atoms with Crippen LogP contribution in [0.2, 0.25) is 0 Å². The summed E-state index contributed by atoms with van der Waals surface area (Å²) in [4.78, 5) is 7.42. The minimum Gasteiger partial charge on any atom is -0.360 e. The first-order chi connectivity index (χ1) is 5.27. The number of aromatic nitrogens is 2. The van der Waals surface area contributed by atoms with E-state index < -0.39 is 0 Å². The van der Waals surface area contributed by atoms with Gasteiger partial charge in [0.05, 0.1) is 11.0 Å². The van der Waals surface area contributed by atoms with Gasteiger partial charge in [-0.1, -0.05) is 0 Å². The molecule has 0 aliphatic rings. The lowest BCUT2D eigenvalue weighted by atomic mass is 10.3. The minimum absolute atomic E-state index is 0.921. The van der Waals surface area contributed by atoms with Gasteiger partial charge in [0.25, 0.3) is 0 Å². The topological polar surface area (TPSA) is 28.7 Å². The molecule has 0 aliphatic heterocycles. The number of halogens is 1. The van der Waals surface area contributed by atoms with Gasteiger partial charge < -0.3 is 4.98 Å². The van der Waals surface area contributed by atoms with Crippen LogP contribution in [0.1, 0.15) is 5.56 Å². The van der Waals surface area contributed by atoms with E-state index in [1.807, 2.05) is 19.2 Å². The van der Waals surface area contributed by atoms with Gasteiger partial charge in [0.15, 0.2) is 0 Å². The van der Waals surface area contributed by atoms with Gasteiger partial charge in [-0.2, -0.15) is 0 Å². The van der Waals surface area contributed by atoms with Crippen molar-refractivity contribution in [3.8, 4) is 0 Å². The Bertz CT molecular complexity index is 356. The van der Waals surface area contributed by atoms with E-state index in [-0.39, 0.29) is 0 Å². The van der Waals surface area contributed by atoms with Crippen LogP contribution >= 0.6 is 15.9 Å². The smallest absolute Gasteiger partial charge is 0.109 e. The highest BCUT2D eigenvalue weighted by Gasteiger charge is 1.99. The number of nitrogens with zero attached hydrogens (tertiary/aromatic N) is 1. The van der Waals surface area contributed by atoms with Gasteiger partial charge in [-0.25, -0.2) is 4.98 Å². The lowest BCUT2D eigenvalue weighted by Gasteiger charge is -1.95. The highest BCUT2D eigenvalue weighted by atomic mass is 79.9. The lowest BCUT2D eigenvalue weighted by Crippen LogP contribution is -1.81. The number of hydrogen-bond donors (Lipinski definition) is 1. The fourth-order valence-electron chi connectivity index (χ4n) is 1.06. The van der Waals surface area contributed by atoms with Crippen molar-refractivity contribution < 1.29 is 0 Å². The van der Waals surface area contributed by atoms with Crippen molar-refractivity contribution >= 4 is 27.0 Å². The van der Waals surface area contributed by atoms with Gasteiger partial charge in [-0.3, -0.25) is 0 Å². The number of aromatic amines is 1. The first-order valence-electron chi connectivity index (χ1n) is 3.37. The molecule has 0 spiro atoms. The van der Waals surface area contributed by atoms with Crippen molar-refractivity contribution in [2.45, 2.75) is 6.92 Å². The molecule has 3 heteroatoms. The minimum atomic E-state index is 0.921. The van der Waals surface area contributed by atoms with E-state index in [4.69, 9.17) is 0 Å². The van der Waals surface area contributed by atoms with Crippen LogP contribution in [0.3, 0.4) is 0 Å². The van der Waals surface area contributed by atoms with Crippen LogP contribution in [0.25, 0.3) is 11.0 Å². The number of H-pyrrole nitrogens is 1. The molecule has 2 nitrogen and oxygen atoms in total. The Hall–Kier alpha value is -0.830. The third-order valence-corrected chi connectivity index (χ3v) is 2.46. The zero-order valence-electron chi connectivity index (χ0n) is 6.06. The number of rotatable bonds is 0. The zero-order valence-corrected chi connectivity index (χ0v) is 7.64. The summed E-state index contributed by atoms with van der Waals surface area (Å²) in [6.07, 6.45) is 1.89. The van der Waals surface area contributed by atoms with Gasteiger partial charge in [0.2, 0.25) is 0 Å². The summed E-state index contributed by atoms with van der Waals surface area (Å²) < 4.78 is 0.921. The van der Waals surface area contributed by atoms with Crippen LogP contribution in [-0.2, 0) is 0 Å². The molecule has 0 bridgehead atoms. The van der Waals surface area contributed by atoms with Crippen LogP contribution in [0.5, 0.6) is 0 Å². The van der Waals surface area contributed by atoms with Gasteiger partial charge in [0.1, 0.15) is 4.60 Å². The van der Waals surface area contributed by atoms with Crippen molar-refractivity contribution in [1.82, 2.24) is 9.97 Å². The third kappa shape index (κ3) is 1.05. The van der Waals surface area contributed by atoms with Crippen molar-refractivity contribution in [2.24, 2.45) is 0 Å². The molecule has 0 saturated heterocycles. The molecule has 56 valence electrons. The van der Waals surface area contributed by atoms with E-state index in [1.165, 1.54) is 0 Å². The first kappa shape index (κ1) is 6.85. The lowest BCUT2D eigenvalue weighted by molar-refractivity contribution is 1.27. The Labute approximate surface area is 72.8 Å². The van der Waals surface area contributed by atoms with E-state index in [9.17, 15) is 0 Å². The quantitative estimate of drug-likeness (QED) is 0.666. The summed E-state index contributed by atoms with van der Waals surface area (Å²) in [6.45, 7) is 2.03. The van der Waals surface area contributed by atoms with E-state index in [2.05, 4.69) is 32.0 Å². The van der Waals surface area contributed by atoms with Crippen molar-refractivity contribution in [2.75, 3.05) is 0 Å². The maximum Gasteiger partial charge on any atom is 0.109 e. The molecule has 0 aromatic carbocycles. The fraction of sp³-hybridized carbons (Fsp3) is 0.125. The standard InChI is InChI=1S/C8H7BrN2/c1-5-4-7-6(2-3-10-7)11-8(5)9/h2-4,10H,1H3. The summed E-state index contributed by atoms with van der Waals surface area (Å²) in [6, 6.07) is 4.03. The van der Waals surface area contributed by atoms with Crippen LogP contribution in [-0.4, -0.2) is 9.97 Å². The monoisotopic (exact) mass is 210 g/mol. The largest absolute Gasteiger partial charge is 0.360 e. The molecule has 2 aromatic heterocycles. The van der Waals surface area contributed by atoms with E-state index in [0.717, 1.165) is 21.2 Å². The van der Waals surface area contributed by atoms with Crippen LogP contribution in [0.4, 0.5) is 0 Å². The number of pyridine rings is 1. The Kier molecular flexibility index (Phi) is 1.46. The van der Waals surface area contributed by atoms with Gasteiger partial charge in [-0.15, -0.1) is 0 Å². The molecule has 11 heavy (non-hydrogen) atoms. The molecule has 0 aliphatic carbocycles. The third-order valence-electron chi connectivity index (χ3n) is 1.66. The van der Waals surface area contributed by atoms with E-state index in [0.29, 0.717) is 0 Å². The summed E-state index contributed by atoms with van der Waals surface area (Å²) in [5.41, 5.74) is 3.24. The van der Waals surface area contributed by atoms with Gasteiger partial charge in [0, 0.05) is 6.20 Å². The normalized spacial score (nSPS) is 10.7. The average Bonchev–Trinajstić information content (AvgIpc) is 2.36. The number of hydrogen-bond acceptors (Lipinski definition) is 1. The average molecular weight is 211 g/mol. The molecule has 0 amide bonds. The molecule has 0 unspecified atom stereocenters. The SMILES string of the molecule is Cc1cc2[nH]ccc2nc1Br. The van der Waals surface area contributed by atoms with Crippen molar-refractivity contribution in [1.29, 1.82) is 0 Å². The Morgan fingerprint density at radius 1 is 1.55 bits per heavy atom. The summed E-state index contributed by atoms with van der Waals surface area (Å²) in [5, 5.41) is 0. The summed E-state index contributed by atoms with van der Waals surface area (Å²) in [7, 11) is 0. The molecule has 1 N–H and O–H groups in total. The van der Waals surface area contributed by atoms with Gasteiger partial charge >= 0.3 is 0 Å². The van der Waals surface area contributed by atoms with Crippen molar-refractivity contribution in [3.63, 3.8) is 0 Å². The molecule has 2 aromatic rings. The molecule has 2 rings (SSSR count). The van der Waals surface area contributed by atoms with E-state index >= 15 is 0 Å². The van der Waals surface area contributed by atoms with Gasteiger partial charge in [-0.05, 0) is 40.5 Å². The fourth-order valence-corrected chi connectivity index (χ4v) is 1.36. The Balaban J connectivity index is 2.86. The molecule has 0 atom stereocenters. The second kappa shape index (κ2) is 2.34. The Morgan fingerprint density at radius 3 is 3.18 bits per heavy atom. The highest BCUT2D eigenvalue weighted by Crippen LogP contribution is 2.18. The van der Waals surface area contributed by atoms with E-state index in [1.54, 1.807) is 0 Å². The second-order valence-electron chi connectivity index (χ2n) is 2.51. The zero-order chi connectivity index (χ0) is 7.84. The van der Waals surface area contributed by atoms with Crippen LogP contribution in [0.15, 0.2) is 22.9 Å². The predicted octanol–water partition coefficient (Wildman–Crippen LogP) is 2.63. The highest BCUT2D eigenvalue weighted by molar-refractivity contribution is 9.10. The molecule has 0 fully saturated rings. The van der Waals surface area contributed by atoms with Crippen molar-refractivity contribution in [3.05, 3.63) is 28.5 Å². The number of nitrogens with one attached hydrogen (secondary N) is 1. The summed E-state index contributed by atoms with van der Waals surface area (Å²) in [5.74, 6) is 0. The molecule has 2 heterocycles. The second-order valence-corrected chi connectivity index (χ2v) is 3.26. The maximum absolute atomic E-state index is 4.32. The van der Waals surface area contributed by atoms with Crippen LogP contribution < -0.4 is 0 Å². The maximum atomic E-state index is 4.32. The molecular formula is C8H7BrN2. The number of fused-ring (bicyclic) bond motifs is 1. The molecule has 0 saturated carbocycles. The van der Waals surface area contributed by atoms with Crippen LogP contribution in [0, 0.1) is 6.92 Å². The predicted molar refractivity (Wildman–Crippen MR) is 48.5 cm³/mol. The molecular weight excluding hydrogens is 204 g/mol. The molecule has 0 radical (unpaired) electrons.